The van der Waals surface area contributed by atoms with Crippen LogP contribution in [0.15, 0.2) is 18.3 Å². The van der Waals surface area contributed by atoms with E-state index in [1.807, 2.05) is 11.0 Å². The molecule has 1 aromatic heterocycles. The van der Waals surface area contributed by atoms with Crippen LogP contribution in [0, 0.1) is 0 Å². The molecule has 6 heteroatoms. The van der Waals surface area contributed by atoms with E-state index in [-0.39, 0.29) is 11.8 Å². The second-order valence-corrected chi connectivity index (χ2v) is 4.51. The Morgan fingerprint density at radius 3 is 2.90 bits per heavy atom. The third-order valence-corrected chi connectivity index (χ3v) is 3.25. The van der Waals surface area contributed by atoms with Gasteiger partial charge in [0.2, 0.25) is 0 Å². The standard InChI is InChI=1S/C14H18N2O4/c1-3-12(17)11-5-4-10(8-15-11)16-6-7-20-13(9-16)14(18)19-2/h4-5,8,13H,3,6-7,9H2,1-2H3. The molecule has 108 valence electrons. The number of anilines is 1. The molecule has 0 saturated carbocycles. The fourth-order valence-electron chi connectivity index (χ4n) is 2.08. The number of rotatable bonds is 4. The van der Waals surface area contributed by atoms with Gasteiger partial charge in [0.05, 0.1) is 32.1 Å². The summed E-state index contributed by atoms with van der Waals surface area (Å²) in [6.07, 6.45) is 1.52. The van der Waals surface area contributed by atoms with E-state index < -0.39 is 6.10 Å². The van der Waals surface area contributed by atoms with Gasteiger partial charge in [-0.15, -0.1) is 0 Å². The molecular formula is C14H18N2O4. The van der Waals surface area contributed by atoms with E-state index in [9.17, 15) is 9.59 Å². The summed E-state index contributed by atoms with van der Waals surface area (Å²) in [6.45, 7) is 3.36. The minimum Gasteiger partial charge on any atom is -0.467 e. The van der Waals surface area contributed by atoms with E-state index in [0.29, 0.717) is 31.8 Å². The second-order valence-electron chi connectivity index (χ2n) is 4.51. The van der Waals surface area contributed by atoms with Crippen LogP contribution in [-0.2, 0) is 14.3 Å². The van der Waals surface area contributed by atoms with Crippen LogP contribution < -0.4 is 4.90 Å². The zero-order valence-electron chi connectivity index (χ0n) is 11.7. The smallest absolute Gasteiger partial charge is 0.336 e. The first-order valence-corrected chi connectivity index (χ1v) is 6.59. The van der Waals surface area contributed by atoms with Gasteiger partial charge in [0.1, 0.15) is 5.69 Å². The summed E-state index contributed by atoms with van der Waals surface area (Å²) >= 11 is 0. The van der Waals surface area contributed by atoms with E-state index >= 15 is 0 Å². The number of carbonyl (C=O) groups excluding carboxylic acids is 2. The fourth-order valence-corrected chi connectivity index (χ4v) is 2.08. The summed E-state index contributed by atoms with van der Waals surface area (Å²) < 4.78 is 10.1. The Kier molecular flexibility index (Phi) is 4.68. The number of esters is 1. The number of hydrogen-bond acceptors (Lipinski definition) is 6. The highest BCUT2D eigenvalue weighted by Gasteiger charge is 2.27. The van der Waals surface area contributed by atoms with Crippen molar-refractivity contribution in [1.29, 1.82) is 0 Å². The molecule has 0 N–H and O–H groups in total. The number of aromatic nitrogens is 1. The first kappa shape index (κ1) is 14.5. The first-order chi connectivity index (χ1) is 9.65. The van der Waals surface area contributed by atoms with Crippen molar-refractivity contribution in [3.63, 3.8) is 0 Å². The molecule has 0 bridgehead atoms. The van der Waals surface area contributed by atoms with Crippen LogP contribution in [0.5, 0.6) is 0 Å². The van der Waals surface area contributed by atoms with Crippen molar-refractivity contribution in [3.05, 3.63) is 24.0 Å². The molecule has 1 aliphatic heterocycles. The van der Waals surface area contributed by atoms with E-state index in [1.54, 1.807) is 19.2 Å². The Bertz CT molecular complexity index is 486. The van der Waals surface area contributed by atoms with Crippen LogP contribution in [0.4, 0.5) is 5.69 Å². The lowest BCUT2D eigenvalue weighted by molar-refractivity contribution is -0.154. The van der Waals surface area contributed by atoms with Crippen LogP contribution in [0.3, 0.4) is 0 Å². The Hall–Kier alpha value is -1.95. The average Bonchev–Trinajstić information content (AvgIpc) is 2.53. The van der Waals surface area contributed by atoms with Crippen LogP contribution in [0.25, 0.3) is 0 Å². The number of Topliss-reactive ketones (excluding diaryl/α,β-unsaturated/α-hetero) is 1. The molecule has 1 saturated heterocycles. The maximum atomic E-state index is 11.5. The number of hydrogen-bond donors (Lipinski definition) is 0. The van der Waals surface area contributed by atoms with E-state index in [2.05, 4.69) is 9.72 Å². The molecule has 20 heavy (non-hydrogen) atoms. The zero-order valence-corrected chi connectivity index (χ0v) is 11.7. The maximum absolute atomic E-state index is 11.5. The van der Waals surface area contributed by atoms with Gasteiger partial charge >= 0.3 is 5.97 Å². The van der Waals surface area contributed by atoms with Gasteiger partial charge in [0.25, 0.3) is 0 Å². The normalized spacial score (nSPS) is 18.7. The molecular weight excluding hydrogens is 260 g/mol. The molecule has 1 aliphatic rings. The van der Waals surface area contributed by atoms with Crippen molar-refractivity contribution in [1.82, 2.24) is 4.98 Å². The minimum atomic E-state index is -0.578. The highest BCUT2D eigenvalue weighted by Crippen LogP contribution is 2.18. The van der Waals surface area contributed by atoms with Gasteiger partial charge in [-0.25, -0.2) is 4.79 Å². The monoisotopic (exact) mass is 278 g/mol. The van der Waals surface area contributed by atoms with Gasteiger partial charge in [-0.3, -0.25) is 9.78 Å². The van der Waals surface area contributed by atoms with E-state index in [1.165, 1.54) is 7.11 Å². The quantitative estimate of drug-likeness (QED) is 0.606. The van der Waals surface area contributed by atoms with E-state index in [4.69, 9.17) is 4.74 Å². The van der Waals surface area contributed by atoms with Gasteiger partial charge in [-0.1, -0.05) is 6.92 Å². The van der Waals surface area contributed by atoms with Gasteiger partial charge < -0.3 is 14.4 Å². The van der Waals surface area contributed by atoms with Crippen molar-refractivity contribution in [2.75, 3.05) is 31.7 Å². The predicted octanol–water partition coefficient (Wildman–Crippen LogP) is 1.05. The van der Waals surface area contributed by atoms with Gasteiger partial charge in [-0.05, 0) is 12.1 Å². The third kappa shape index (κ3) is 3.14. The molecule has 0 aromatic carbocycles. The van der Waals surface area contributed by atoms with Crippen LogP contribution in [0.2, 0.25) is 0 Å². The van der Waals surface area contributed by atoms with Crippen LogP contribution >= 0.6 is 0 Å². The molecule has 2 heterocycles. The number of pyridine rings is 1. The van der Waals surface area contributed by atoms with Crippen molar-refractivity contribution in [2.24, 2.45) is 0 Å². The van der Waals surface area contributed by atoms with Crippen LogP contribution in [-0.4, -0.2) is 49.6 Å². The zero-order chi connectivity index (χ0) is 14.5. The van der Waals surface area contributed by atoms with Crippen LogP contribution in [0.1, 0.15) is 23.8 Å². The second kappa shape index (κ2) is 6.47. The lowest BCUT2D eigenvalue weighted by Gasteiger charge is -2.32. The van der Waals surface area contributed by atoms with Crippen molar-refractivity contribution in [3.8, 4) is 0 Å². The number of carbonyl (C=O) groups is 2. The average molecular weight is 278 g/mol. The molecule has 1 atom stereocenters. The molecule has 6 nitrogen and oxygen atoms in total. The third-order valence-electron chi connectivity index (χ3n) is 3.25. The molecule has 0 amide bonds. The minimum absolute atomic E-state index is 0.0194. The van der Waals surface area contributed by atoms with Gasteiger partial charge in [0, 0.05) is 13.0 Å². The number of ketones is 1. The first-order valence-electron chi connectivity index (χ1n) is 6.59. The van der Waals surface area contributed by atoms with Gasteiger partial charge in [-0.2, -0.15) is 0 Å². The maximum Gasteiger partial charge on any atom is 0.336 e. The fraction of sp³-hybridized carbons (Fsp3) is 0.500. The summed E-state index contributed by atoms with van der Waals surface area (Å²) in [6, 6.07) is 3.55. The highest BCUT2D eigenvalue weighted by atomic mass is 16.6. The number of methoxy groups -OCH3 is 1. The SMILES string of the molecule is CCC(=O)c1ccc(N2CCOC(C(=O)OC)C2)cn1. The van der Waals surface area contributed by atoms with E-state index in [0.717, 1.165) is 5.69 Å². The summed E-state index contributed by atoms with van der Waals surface area (Å²) in [4.78, 5) is 29.2. The topological polar surface area (TPSA) is 68.7 Å². The summed E-state index contributed by atoms with van der Waals surface area (Å²) in [5.74, 6) is -0.355. The van der Waals surface area contributed by atoms with Crippen molar-refractivity contribution in [2.45, 2.75) is 19.4 Å². The Morgan fingerprint density at radius 2 is 2.30 bits per heavy atom. The summed E-state index contributed by atoms with van der Waals surface area (Å²) in [5, 5.41) is 0. The molecule has 1 aromatic rings. The summed E-state index contributed by atoms with van der Waals surface area (Å²) in [5.41, 5.74) is 1.34. The van der Waals surface area contributed by atoms with Gasteiger partial charge in [0.15, 0.2) is 11.9 Å². The number of nitrogens with zero attached hydrogens (tertiary/aromatic N) is 2. The lowest BCUT2D eigenvalue weighted by Crippen LogP contribution is -2.46. The molecule has 1 fully saturated rings. The van der Waals surface area contributed by atoms with Crippen molar-refractivity contribution >= 4 is 17.4 Å². The Labute approximate surface area is 117 Å². The molecule has 0 aliphatic carbocycles. The number of morpholine rings is 1. The highest BCUT2D eigenvalue weighted by molar-refractivity contribution is 5.94. The summed E-state index contributed by atoms with van der Waals surface area (Å²) in [7, 11) is 1.34. The molecule has 2 rings (SSSR count). The largest absolute Gasteiger partial charge is 0.467 e. The Morgan fingerprint density at radius 1 is 1.50 bits per heavy atom. The lowest BCUT2D eigenvalue weighted by atomic mass is 10.2. The predicted molar refractivity (Wildman–Crippen MR) is 72.8 cm³/mol. The molecule has 0 radical (unpaired) electrons. The molecule has 1 unspecified atom stereocenters. The Balaban J connectivity index is 2.07. The number of ether oxygens (including phenoxy) is 2. The molecule has 0 spiro atoms. The van der Waals surface area contributed by atoms with Crippen molar-refractivity contribution < 1.29 is 19.1 Å².